The number of nitrogens with two attached hydrogens (primary N) is 1. The molecule has 2 rings (SSSR count). The molecule has 1 saturated carbocycles. The fourth-order valence-corrected chi connectivity index (χ4v) is 2.97. The lowest BCUT2D eigenvalue weighted by molar-refractivity contribution is 0.301. The van der Waals surface area contributed by atoms with E-state index in [2.05, 4.69) is 24.3 Å². The zero-order valence-electron chi connectivity index (χ0n) is 10.4. The number of halogens is 1. The lowest BCUT2D eigenvalue weighted by atomic mass is 9.69. The van der Waals surface area contributed by atoms with Gasteiger partial charge in [-0.2, -0.15) is 0 Å². The predicted octanol–water partition coefficient (Wildman–Crippen LogP) is 3.36. The average molecular weight is 235 g/mol. The molecule has 0 unspecified atom stereocenters. The van der Waals surface area contributed by atoms with Crippen molar-refractivity contribution in [2.24, 2.45) is 5.73 Å². The summed E-state index contributed by atoms with van der Waals surface area (Å²) in [5.74, 6) is 0. The van der Waals surface area contributed by atoms with Crippen molar-refractivity contribution in [2.75, 3.05) is 13.2 Å². The third-order valence-electron chi connectivity index (χ3n) is 4.15. The zero-order valence-corrected chi connectivity index (χ0v) is 10.4. The van der Waals surface area contributed by atoms with Crippen molar-refractivity contribution in [3.8, 4) is 0 Å². The third-order valence-corrected chi connectivity index (χ3v) is 4.15. The minimum atomic E-state index is -0.276. The molecule has 0 aliphatic heterocycles. The minimum Gasteiger partial charge on any atom is -0.330 e. The summed E-state index contributed by atoms with van der Waals surface area (Å²) in [6.45, 7) is 0.455. The topological polar surface area (TPSA) is 26.0 Å². The Labute approximate surface area is 103 Å². The van der Waals surface area contributed by atoms with E-state index in [1.54, 1.807) is 0 Å². The van der Waals surface area contributed by atoms with Gasteiger partial charge >= 0.3 is 0 Å². The van der Waals surface area contributed by atoms with Gasteiger partial charge in [-0.25, -0.2) is 0 Å². The van der Waals surface area contributed by atoms with Crippen molar-refractivity contribution in [1.29, 1.82) is 0 Å². The largest absolute Gasteiger partial charge is 0.330 e. The standard InChI is InChI=1S/C15H22FN/c16-11-8-13-4-6-14(7-5-13)15(12-17)9-2-1-3-10-15/h4-7H,1-3,8-12,17H2. The molecule has 0 amide bonds. The van der Waals surface area contributed by atoms with E-state index < -0.39 is 0 Å². The van der Waals surface area contributed by atoms with E-state index >= 15 is 0 Å². The molecule has 94 valence electrons. The number of hydrogen-bond donors (Lipinski definition) is 1. The first-order valence-electron chi connectivity index (χ1n) is 6.66. The van der Waals surface area contributed by atoms with E-state index in [1.165, 1.54) is 37.7 Å². The fourth-order valence-electron chi connectivity index (χ4n) is 2.97. The van der Waals surface area contributed by atoms with Gasteiger partial charge in [-0.3, -0.25) is 4.39 Å². The number of alkyl halides is 1. The van der Waals surface area contributed by atoms with Gasteiger partial charge in [0.15, 0.2) is 0 Å². The maximum Gasteiger partial charge on any atom is 0.0934 e. The molecule has 0 spiro atoms. The summed E-state index contributed by atoms with van der Waals surface area (Å²) in [6.07, 6.45) is 6.82. The minimum absolute atomic E-state index is 0.187. The summed E-state index contributed by atoms with van der Waals surface area (Å²) in [6, 6.07) is 8.42. The van der Waals surface area contributed by atoms with Gasteiger partial charge < -0.3 is 5.73 Å². The Kier molecular flexibility index (Phi) is 4.16. The summed E-state index contributed by atoms with van der Waals surface area (Å²) in [5.41, 5.74) is 8.63. The molecule has 0 bridgehead atoms. The van der Waals surface area contributed by atoms with E-state index in [-0.39, 0.29) is 12.1 Å². The molecule has 17 heavy (non-hydrogen) atoms. The van der Waals surface area contributed by atoms with Crippen molar-refractivity contribution in [3.63, 3.8) is 0 Å². The van der Waals surface area contributed by atoms with E-state index in [0.717, 1.165) is 12.1 Å². The van der Waals surface area contributed by atoms with Crippen LogP contribution in [0.15, 0.2) is 24.3 Å². The summed E-state index contributed by atoms with van der Waals surface area (Å²) < 4.78 is 12.3. The Balaban J connectivity index is 2.18. The zero-order chi connectivity index (χ0) is 12.1. The van der Waals surface area contributed by atoms with Crippen LogP contribution in [-0.2, 0) is 11.8 Å². The Morgan fingerprint density at radius 3 is 2.24 bits per heavy atom. The van der Waals surface area contributed by atoms with Crippen molar-refractivity contribution >= 4 is 0 Å². The second kappa shape index (κ2) is 5.63. The lowest BCUT2D eigenvalue weighted by Crippen LogP contribution is -2.37. The first kappa shape index (κ1) is 12.6. The SMILES string of the molecule is NCC1(c2ccc(CCF)cc2)CCCCC1. The van der Waals surface area contributed by atoms with Crippen LogP contribution in [0.5, 0.6) is 0 Å². The molecular formula is C15H22FN. The van der Waals surface area contributed by atoms with Gasteiger partial charge in [-0.1, -0.05) is 43.5 Å². The molecule has 0 aromatic heterocycles. The molecular weight excluding hydrogens is 213 g/mol. The molecule has 1 nitrogen and oxygen atoms in total. The Hall–Kier alpha value is -0.890. The highest BCUT2D eigenvalue weighted by atomic mass is 19.1. The van der Waals surface area contributed by atoms with Crippen LogP contribution in [-0.4, -0.2) is 13.2 Å². The van der Waals surface area contributed by atoms with Crippen LogP contribution >= 0.6 is 0 Å². The lowest BCUT2D eigenvalue weighted by Gasteiger charge is -2.37. The number of rotatable bonds is 4. The summed E-state index contributed by atoms with van der Waals surface area (Å²) >= 11 is 0. The van der Waals surface area contributed by atoms with Gasteiger partial charge in [0.2, 0.25) is 0 Å². The molecule has 2 heteroatoms. The van der Waals surface area contributed by atoms with E-state index in [9.17, 15) is 4.39 Å². The van der Waals surface area contributed by atoms with Crippen molar-refractivity contribution in [2.45, 2.75) is 43.9 Å². The van der Waals surface area contributed by atoms with Crippen LogP contribution in [0.3, 0.4) is 0 Å². The van der Waals surface area contributed by atoms with Crippen molar-refractivity contribution in [1.82, 2.24) is 0 Å². The third kappa shape index (κ3) is 2.68. The molecule has 0 saturated heterocycles. The van der Waals surface area contributed by atoms with Gasteiger partial charge in [-0.05, 0) is 24.0 Å². The second-order valence-corrected chi connectivity index (χ2v) is 5.18. The van der Waals surface area contributed by atoms with Gasteiger partial charge in [-0.15, -0.1) is 0 Å². The van der Waals surface area contributed by atoms with Crippen LogP contribution in [0.4, 0.5) is 4.39 Å². The predicted molar refractivity (Wildman–Crippen MR) is 69.9 cm³/mol. The van der Waals surface area contributed by atoms with E-state index in [0.29, 0.717) is 6.42 Å². The van der Waals surface area contributed by atoms with Crippen molar-refractivity contribution in [3.05, 3.63) is 35.4 Å². The quantitative estimate of drug-likeness (QED) is 0.851. The maximum absolute atomic E-state index is 12.3. The van der Waals surface area contributed by atoms with Crippen molar-refractivity contribution < 1.29 is 4.39 Å². The molecule has 1 aliphatic rings. The van der Waals surface area contributed by atoms with Gasteiger partial charge in [0, 0.05) is 18.4 Å². The Bertz CT molecular complexity index is 338. The molecule has 2 N–H and O–H groups in total. The Morgan fingerprint density at radius 2 is 1.71 bits per heavy atom. The van der Waals surface area contributed by atoms with E-state index in [1.807, 2.05) is 0 Å². The van der Waals surface area contributed by atoms with Crippen LogP contribution < -0.4 is 5.73 Å². The van der Waals surface area contributed by atoms with E-state index in [4.69, 9.17) is 5.73 Å². The molecule has 0 radical (unpaired) electrons. The number of aryl methyl sites for hydroxylation is 1. The first-order valence-corrected chi connectivity index (χ1v) is 6.66. The van der Waals surface area contributed by atoms with Gasteiger partial charge in [0.05, 0.1) is 6.67 Å². The molecule has 1 aromatic carbocycles. The van der Waals surface area contributed by atoms with Gasteiger partial charge in [0.25, 0.3) is 0 Å². The highest BCUT2D eigenvalue weighted by Crippen LogP contribution is 2.38. The second-order valence-electron chi connectivity index (χ2n) is 5.18. The molecule has 0 atom stereocenters. The summed E-state index contributed by atoms with van der Waals surface area (Å²) in [4.78, 5) is 0. The molecule has 0 heterocycles. The number of hydrogen-bond acceptors (Lipinski definition) is 1. The maximum atomic E-state index is 12.3. The fraction of sp³-hybridized carbons (Fsp3) is 0.600. The van der Waals surface area contributed by atoms with Crippen LogP contribution in [0.1, 0.15) is 43.2 Å². The monoisotopic (exact) mass is 235 g/mol. The average Bonchev–Trinajstić information content (AvgIpc) is 2.41. The highest BCUT2D eigenvalue weighted by Gasteiger charge is 2.32. The summed E-state index contributed by atoms with van der Waals surface area (Å²) in [7, 11) is 0. The van der Waals surface area contributed by atoms with Crippen LogP contribution in [0, 0.1) is 0 Å². The smallest absolute Gasteiger partial charge is 0.0934 e. The normalized spacial score (nSPS) is 19.2. The van der Waals surface area contributed by atoms with Crippen LogP contribution in [0.2, 0.25) is 0 Å². The number of benzene rings is 1. The highest BCUT2D eigenvalue weighted by molar-refractivity contribution is 5.30. The van der Waals surface area contributed by atoms with Gasteiger partial charge in [0.1, 0.15) is 0 Å². The molecule has 1 aromatic rings. The molecule has 1 fully saturated rings. The van der Waals surface area contributed by atoms with Crippen LogP contribution in [0.25, 0.3) is 0 Å². The Morgan fingerprint density at radius 1 is 1.06 bits per heavy atom. The summed E-state index contributed by atoms with van der Waals surface area (Å²) in [5, 5.41) is 0. The molecule has 1 aliphatic carbocycles. The first-order chi connectivity index (χ1) is 8.30.